The van der Waals surface area contributed by atoms with Crippen molar-refractivity contribution in [3.63, 3.8) is 0 Å². The van der Waals surface area contributed by atoms with Gasteiger partial charge in [-0.05, 0) is 42.4 Å². The van der Waals surface area contributed by atoms with E-state index < -0.39 is 0 Å². The van der Waals surface area contributed by atoms with E-state index in [1.165, 1.54) is 19.3 Å². The maximum atomic E-state index is 9.07. The van der Waals surface area contributed by atoms with Gasteiger partial charge in [-0.25, -0.2) is 0 Å². The molecule has 3 rings (SSSR count). The van der Waals surface area contributed by atoms with E-state index in [2.05, 4.69) is 13.8 Å². The molecule has 0 aromatic heterocycles. The second kappa shape index (κ2) is 2.96. The van der Waals surface area contributed by atoms with Crippen molar-refractivity contribution in [1.29, 1.82) is 0 Å². The Morgan fingerprint density at radius 1 is 1.46 bits per heavy atom. The molecule has 3 aliphatic carbocycles. The molecular weight excluding hydrogens is 162 g/mol. The third kappa shape index (κ3) is 1.23. The average molecular weight is 183 g/mol. The van der Waals surface area contributed by atoms with Gasteiger partial charge in [0.25, 0.3) is 0 Å². The Bertz CT molecular complexity index is 200. The number of aliphatic hydroxyl groups is 1. The molecule has 2 heteroatoms. The molecule has 3 fully saturated rings. The third-order valence-corrected chi connectivity index (χ3v) is 4.67. The van der Waals surface area contributed by atoms with Gasteiger partial charge < -0.3 is 10.8 Å². The highest BCUT2D eigenvalue weighted by atomic mass is 16.3. The highest BCUT2D eigenvalue weighted by Crippen LogP contribution is 2.61. The van der Waals surface area contributed by atoms with Gasteiger partial charge in [0, 0.05) is 6.04 Å². The topological polar surface area (TPSA) is 46.2 Å². The van der Waals surface area contributed by atoms with E-state index in [-0.39, 0.29) is 12.6 Å². The number of fused-ring (bicyclic) bond motifs is 2. The lowest BCUT2D eigenvalue weighted by molar-refractivity contribution is -0.114. The van der Waals surface area contributed by atoms with Gasteiger partial charge in [-0.3, -0.25) is 0 Å². The standard InChI is InChI=1S/C11H21NO/c1-11(2)7-3-4-8(9(11)5-7)10(12)6-13/h7-10,13H,3-6,12H2,1-2H3/t7?,8?,9?,10-/m0/s1. The molecule has 0 amide bonds. The molecular formula is C11H21NO. The Balaban J connectivity index is 2.07. The number of nitrogens with two attached hydrogens (primary N) is 1. The highest BCUT2D eigenvalue weighted by molar-refractivity contribution is 5.05. The third-order valence-electron chi connectivity index (χ3n) is 4.67. The monoisotopic (exact) mass is 183 g/mol. The van der Waals surface area contributed by atoms with Gasteiger partial charge >= 0.3 is 0 Å². The fourth-order valence-electron chi connectivity index (χ4n) is 3.52. The van der Waals surface area contributed by atoms with Gasteiger partial charge in [0.05, 0.1) is 6.61 Å². The lowest BCUT2D eigenvalue weighted by Gasteiger charge is -2.61. The van der Waals surface area contributed by atoms with Crippen LogP contribution < -0.4 is 5.73 Å². The summed E-state index contributed by atoms with van der Waals surface area (Å²) in [5.74, 6) is 2.28. The molecule has 76 valence electrons. The molecule has 0 aromatic carbocycles. The van der Waals surface area contributed by atoms with Crippen LogP contribution in [0, 0.1) is 23.2 Å². The normalized spacial score (nSPS) is 43.8. The predicted molar refractivity (Wildman–Crippen MR) is 53.2 cm³/mol. The summed E-state index contributed by atoms with van der Waals surface area (Å²) in [6, 6.07) is 0.0190. The summed E-state index contributed by atoms with van der Waals surface area (Å²) in [7, 11) is 0. The van der Waals surface area contributed by atoms with Gasteiger partial charge in [0.1, 0.15) is 0 Å². The first-order chi connectivity index (χ1) is 6.07. The number of rotatable bonds is 2. The molecule has 3 aliphatic rings. The van der Waals surface area contributed by atoms with Crippen LogP contribution in [-0.2, 0) is 0 Å². The summed E-state index contributed by atoms with van der Waals surface area (Å²) in [5, 5.41) is 9.07. The van der Waals surface area contributed by atoms with Crippen LogP contribution in [0.5, 0.6) is 0 Å². The molecule has 0 radical (unpaired) electrons. The van der Waals surface area contributed by atoms with Crippen molar-refractivity contribution in [2.45, 2.75) is 39.2 Å². The largest absolute Gasteiger partial charge is 0.395 e. The molecule has 4 atom stereocenters. The molecule has 13 heavy (non-hydrogen) atoms. The fourth-order valence-corrected chi connectivity index (χ4v) is 3.52. The van der Waals surface area contributed by atoms with E-state index in [4.69, 9.17) is 10.8 Å². The minimum atomic E-state index is 0.0190. The first-order valence-electron chi connectivity index (χ1n) is 5.43. The predicted octanol–water partition coefficient (Wildman–Crippen LogP) is 1.38. The van der Waals surface area contributed by atoms with Gasteiger partial charge in [-0.15, -0.1) is 0 Å². The Labute approximate surface area is 80.5 Å². The molecule has 0 saturated heterocycles. The van der Waals surface area contributed by atoms with Crippen LogP contribution in [0.1, 0.15) is 33.1 Å². The molecule has 2 nitrogen and oxygen atoms in total. The molecule has 0 aromatic rings. The van der Waals surface area contributed by atoms with Crippen molar-refractivity contribution in [3.05, 3.63) is 0 Å². The summed E-state index contributed by atoms with van der Waals surface area (Å²) >= 11 is 0. The van der Waals surface area contributed by atoms with Crippen molar-refractivity contribution in [1.82, 2.24) is 0 Å². The zero-order valence-electron chi connectivity index (χ0n) is 8.66. The summed E-state index contributed by atoms with van der Waals surface area (Å²) < 4.78 is 0. The number of hydrogen-bond donors (Lipinski definition) is 2. The summed E-state index contributed by atoms with van der Waals surface area (Å²) in [4.78, 5) is 0. The Morgan fingerprint density at radius 3 is 2.62 bits per heavy atom. The quantitative estimate of drug-likeness (QED) is 0.679. The van der Waals surface area contributed by atoms with Crippen molar-refractivity contribution >= 4 is 0 Å². The zero-order chi connectivity index (χ0) is 9.64. The molecule has 2 bridgehead atoms. The first-order valence-corrected chi connectivity index (χ1v) is 5.43. The maximum absolute atomic E-state index is 9.07. The smallest absolute Gasteiger partial charge is 0.0585 e. The minimum Gasteiger partial charge on any atom is -0.395 e. The zero-order valence-corrected chi connectivity index (χ0v) is 8.66. The van der Waals surface area contributed by atoms with Crippen molar-refractivity contribution in [2.75, 3.05) is 6.61 Å². The van der Waals surface area contributed by atoms with E-state index in [1.807, 2.05) is 0 Å². The van der Waals surface area contributed by atoms with Gasteiger partial charge in [0.15, 0.2) is 0 Å². The fraction of sp³-hybridized carbons (Fsp3) is 1.00. The molecule has 3 unspecified atom stereocenters. The molecule has 3 saturated carbocycles. The van der Waals surface area contributed by atoms with Crippen LogP contribution in [0.3, 0.4) is 0 Å². The average Bonchev–Trinajstić information content (AvgIpc) is 2.16. The van der Waals surface area contributed by atoms with Crippen LogP contribution in [0.25, 0.3) is 0 Å². The SMILES string of the molecule is CC1(C)C2CCC([C@@H](N)CO)C1C2. The number of hydrogen-bond acceptors (Lipinski definition) is 2. The number of aliphatic hydroxyl groups excluding tert-OH is 1. The Hall–Kier alpha value is -0.0800. The summed E-state index contributed by atoms with van der Waals surface area (Å²) in [5.41, 5.74) is 6.43. The van der Waals surface area contributed by atoms with E-state index >= 15 is 0 Å². The van der Waals surface area contributed by atoms with Crippen molar-refractivity contribution in [2.24, 2.45) is 28.9 Å². The van der Waals surface area contributed by atoms with Crippen molar-refractivity contribution < 1.29 is 5.11 Å². The summed E-state index contributed by atoms with van der Waals surface area (Å²) in [6.45, 7) is 4.88. The van der Waals surface area contributed by atoms with Gasteiger partial charge in [-0.1, -0.05) is 13.8 Å². The van der Waals surface area contributed by atoms with Crippen LogP contribution >= 0.6 is 0 Å². The molecule has 0 aliphatic heterocycles. The van der Waals surface area contributed by atoms with Crippen LogP contribution in [0.15, 0.2) is 0 Å². The summed E-state index contributed by atoms with van der Waals surface area (Å²) in [6.07, 6.45) is 3.91. The molecule has 3 N–H and O–H groups in total. The van der Waals surface area contributed by atoms with E-state index in [1.54, 1.807) is 0 Å². The van der Waals surface area contributed by atoms with E-state index in [0.717, 1.165) is 11.8 Å². The van der Waals surface area contributed by atoms with E-state index in [9.17, 15) is 0 Å². The van der Waals surface area contributed by atoms with Crippen LogP contribution in [0.4, 0.5) is 0 Å². The molecule has 0 heterocycles. The van der Waals surface area contributed by atoms with Gasteiger partial charge in [0.2, 0.25) is 0 Å². The lowest BCUT2D eigenvalue weighted by atomic mass is 9.45. The maximum Gasteiger partial charge on any atom is 0.0585 e. The Morgan fingerprint density at radius 2 is 2.15 bits per heavy atom. The first kappa shape index (κ1) is 9.47. The minimum absolute atomic E-state index is 0.0190. The highest BCUT2D eigenvalue weighted by Gasteiger charge is 2.55. The second-order valence-electron chi connectivity index (χ2n) is 5.45. The second-order valence-corrected chi connectivity index (χ2v) is 5.45. The van der Waals surface area contributed by atoms with Crippen LogP contribution in [0.2, 0.25) is 0 Å². The van der Waals surface area contributed by atoms with Crippen molar-refractivity contribution in [3.8, 4) is 0 Å². The molecule has 0 spiro atoms. The lowest BCUT2D eigenvalue weighted by Crippen LogP contribution is -2.57. The van der Waals surface area contributed by atoms with E-state index in [0.29, 0.717) is 11.3 Å². The Kier molecular flexibility index (Phi) is 2.16. The van der Waals surface area contributed by atoms with Crippen LogP contribution in [-0.4, -0.2) is 17.8 Å². The van der Waals surface area contributed by atoms with Gasteiger partial charge in [-0.2, -0.15) is 0 Å².